The Morgan fingerprint density at radius 1 is 1.42 bits per heavy atom. The molecule has 3 rings (SSSR count). The number of halogens is 1. The molecule has 1 fully saturated rings. The van der Waals surface area contributed by atoms with E-state index in [1.165, 1.54) is 6.20 Å². The van der Waals surface area contributed by atoms with Crippen LogP contribution in [-0.4, -0.2) is 33.9 Å². The van der Waals surface area contributed by atoms with Gasteiger partial charge in [-0.15, -0.1) is 0 Å². The zero-order chi connectivity index (χ0) is 17.3. The van der Waals surface area contributed by atoms with Crippen LogP contribution < -0.4 is 5.56 Å². The molecule has 1 unspecified atom stereocenters. The predicted octanol–water partition coefficient (Wildman–Crippen LogP) is 2.23. The molecule has 1 aromatic carbocycles. The number of hydrogen-bond donors (Lipinski definition) is 1. The normalized spacial score (nSPS) is 17.3. The largest absolute Gasteiger partial charge is 0.338 e. The van der Waals surface area contributed by atoms with E-state index in [4.69, 9.17) is 0 Å². The van der Waals surface area contributed by atoms with Crippen molar-refractivity contribution in [2.75, 3.05) is 13.1 Å². The second-order valence-electron chi connectivity index (χ2n) is 6.40. The van der Waals surface area contributed by atoms with Gasteiger partial charge in [0.1, 0.15) is 17.2 Å². The van der Waals surface area contributed by atoms with Crippen molar-refractivity contribution < 1.29 is 9.18 Å². The van der Waals surface area contributed by atoms with Crippen LogP contribution in [0.2, 0.25) is 0 Å². The van der Waals surface area contributed by atoms with E-state index >= 15 is 0 Å². The minimum absolute atomic E-state index is 0.0719. The van der Waals surface area contributed by atoms with Crippen molar-refractivity contribution >= 4 is 5.91 Å². The van der Waals surface area contributed by atoms with Crippen LogP contribution in [0, 0.1) is 25.6 Å². The van der Waals surface area contributed by atoms with E-state index in [1.54, 1.807) is 30.9 Å². The summed E-state index contributed by atoms with van der Waals surface area (Å²) < 4.78 is 13.6. The molecule has 0 saturated carbocycles. The summed E-state index contributed by atoms with van der Waals surface area (Å²) in [7, 11) is 0. The Kier molecular flexibility index (Phi) is 4.46. The van der Waals surface area contributed by atoms with Crippen molar-refractivity contribution in [2.24, 2.45) is 5.92 Å². The van der Waals surface area contributed by atoms with E-state index < -0.39 is 5.56 Å². The molecular formula is C18H20FN3O2. The summed E-state index contributed by atoms with van der Waals surface area (Å²) in [6, 6.07) is 5.27. The molecule has 126 valence electrons. The Morgan fingerprint density at radius 2 is 2.21 bits per heavy atom. The van der Waals surface area contributed by atoms with Crippen LogP contribution in [0.25, 0.3) is 0 Å². The van der Waals surface area contributed by atoms with Gasteiger partial charge >= 0.3 is 0 Å². The highest BCUT2D eigenvalue weighted by Gasteiger charge is 2.28. The third-order valence-corrected chi connectivity index (χ3v) is 4.49. The van der Waals surface area contributed by atoms with Crippen LogP contribution >= 0.6 is 0 Å². The second-order valence-corrected chi connectivity index (χ2v) is 6.40. The first-order chi connectivity index (χ1) is 11.4. The van der Waals surface area contributed by atoms with Gasteiger partial charge in [-0.2, -0.15) is 0 Å². The summed E-state index contributed by atoms with van der Waals surface area (Å²) in [5, 5.41) is 0. The highest BCUT2D eigenvalue weighted by atomic mass is 19.1. The number of carbonyl (C=O) groups is 1. The molecule has 0 spiro atoms. The fourth-order valence-electron chi connectivity index (χ4n) is 3.09. The number of aromatic amines is 1. The zero-order valence-electron chi connectivity index (χ0n) is 13.8. The molecule has 5 nitrogen and oxygen atoms in total. The van der Waals surface area contributed by atoms with Gasteiger partial charge < -0.3 is 9.88 Å². The number of amides is 1. The van der Waals surface area contributed by atoms with Crippen LogP contribution in [0.15, 0.2) is 29.2 Å². The molecule has 1 aliphatic heterocycles. The summed E-state index contributed by atoms with van der Waals surface area (Å²) in [6.45, 7) is 4.58. The molecule has 1 atom stereocenters. The van der Waals surface area contributed by atoms with E-state index in [2.05, 4.69) is 9.97 Å². The molecule has 2 heterocycles. The van der Waals surface area contributed by atoms with Gasteiger partial charge in [0.15, 0.2) is 0 Å². The highest BCUT2D eigenvalue weighted by Crippen LogP contribution is 2.23. The predicted molar refractivity (Wildman–Crippen MR) is 88.4 cm³/mol. The average molecular weight is 329 g/mol. The summed E-state index contributed by atoms with van der Waals surface area (Å²) in [4.78, 5) is 32.6. The Labute approximate surface area is 139 Å². The summed E-state index contributed by atoms with van der Waals surface area (Å²) in [6.07, 6.45) is 2.90. The number of carbonyl (C=O) groups excluding carboxylic acids is 1. The lowest BCUT2D eigenvalue weighted by molar-refractivity contribution is 0.0784. The van der Waals surface area contributed by atoms with Crippen molar-refractivity contribution in [3.8, 4) is 0 Å². The maximum atomic E-state index is 13.6. The summed E-state index contributed by atoms with van der Waals surface area (Å²) in [5.74, 6) is 0.267. The van der Waals surface area contributed by atoms with E-state index in [0.717, 1.165) is 18.4 Å². The molecule has 24 heavy (non-hydrogen) atoms. The molecule has 1 aromatic heterocycles. The quantitative estimate of drug-likeness (QED) is 0.939. The molecule has 1 amide bonds. The minimum Gasteiger partial charge on any atom is -0.338 e. The maximum Gasteiger partial charge on any atom is 0.263 e. The topological polar surface area (TPSA) is 66.1 Å². The van der Waals surface area contributed by atoms with Gasteiger partial charge in [-0.05, 0) is 49.8 Å². The number of nitrogens with one attached hydrogen (secondary N) is 1. The van der Waals surface area contributed by atoms with Crippen LogP contribution in [0.4, 0.5) is 4.39 Å². The maximum absolute atomic E-state index is 13.6. The fraction of sp³-hybridized carbons (Fsp3) is 0.389. The molecule has 1 saturated heterocycles. The number of benzene rings is 1. The molecule has 1 aliphatic rings. The van der Waals surface area contributed by atoms with Gasteiger partial charge in [0.25, 0.3) is 11.5 Å². The van der Waals surface area contributed by atoms with Gasteiger partial charge in [-0.1, -0.05) is 12.1 Å². The number of rotatable bonds is 3. The number of likely N-dealkylation sites (tertiary alicyclic amines) is 1. The molecule has 6 heteroatoms. The lowest BCUT2D eigenvalue weighted by Crippen LogP contribution is -2.33. The number of aromatic nitrogens is 2. The van der Waals surface area contributed by atoms with Gasteiger partial charge in [0.05, 0.1) is 0 Å². The van der Waals surface area contributed by atoms with Crippen LogP contribution in [-0.2, 0) is 6.42 Å². The van der Waals surface area contributed by atoms with E-state index in [0.29, 0.717) is 24.5 Å². The van der Waals surface area contributed by atoms with Crippen molar-refractivity contribution in [2.45, 2.75) is 26.7 Å². The van der Waals surface area contributed by atoms with Gasteiger partial charge in [0, 0.05) is 19.3 Å². The smallest absolute Gasteiger partial charge is 0.263 e. The lowest BCUT2D eigenvalue weighted by Gasteiger charge is -2.16. The van der Waals surface area contributed by atoms with Gasteiger partial charge in [0.2, 0.25) is 0 Å². The zero-order valence-corrected chi connectivity index (χ0v) is 13.8. The third-order valence-electron chi connectivity index (χ3n) is 4.49. The van der Waals surface area contributed by atoms with E-state index in [9.17, 15) is 14.0 Å². The van der Waals surface area contributed by atoms with Crippen LogP contribution in [0.5, 0.6) is 0 Å². The molecule has 2 aromatic rings. The van der Waals surface area contributed by atoms with Crippen LogP contribution in [0.1, 0.15) is 33.7 Å². The molecule has 0 bridgehead atoms. The van der Waals surface area contributed by atoms with Gasteiger partial charge in [-0.25, -0.2) is 9.37 Å². The first kappa shape index (κ1) is 16.4. The summed E-state index contributed by atoms with van der Waals surface area (Å²) >= 11 is 0. The Bertz CT molecular complexity index is 831. The fourth-order valence-corrected chi connectivity index (χ4v) is 3.09. The first-order valence-corrected chi connectivity index (χ1v) is 8.04. The molecule has 1 N–H and O–H groups in total. The average Bonchev–Trinajstić information content (AvgIpc) is 2.99. The second kappa shape index (κ2) is 6.55. The summed E-state index contributed by atoms with van der Waals surface area (Å²) in [5.41, 5.74) is 1.24. The first-order valence-electron chi connectivity index (χ1n) is 8.04. The number of aryl methyl sites for hydroxylation is 2. The van der Waals surface area contributed by atoms with E-state index in [-0.39, 0.29) is 23.2 Å². The number of hydrogen-bond acceptors (Lipinski definition) is 3. The standard InChI is InChI=1S/C18H20FN3O2/c1-11-3-4-13(8-16(11)19)7-14-5-6-22(10-14)18(24)15-9-20-12(2)21-17(15)23/h3-4,8-9,14H,5-7,10H2,1-2H3,(H,20,21,23). The van der Waals surface area contributed by atoms with Crippen molar-refractivity contribution in [3.05, 3.63) is 63.1 Å². The monoisotopic (exact) mass is 329 g/mol. The molecule has 0 aliphatic carbocycles. The lowest BCUT2D eigenvalue weighted by atomic mass is 9.98. The Morgan fingerprint density at radius 3 is 2.92 bits per heavy atom. The molecular weight excluding hydrogens is 309 g/mol. The Hall–Kier alpha value is -2.50. The van der Waals surface area contributed by atoms with Crippen molar-refractivity contribution in [3.63, 3.8) is 0 Å². The van der Waals surface area contributed by atoms with Gasteiger partial charge in [-0.3, -0.25) is 9.59 Å². The third kappa shape index (κ3) is 3.37. The Balaban J connectivity index is 1.67. The van der Waals surface area contributed by atoms with E-state index in [1.807, 2.05) is 6.07 Å². The number of nitrogens with zero attached hydrogens (tertiary/aromatic N) is 2. The van der Waals surface area contributed by atoms with Crippen LogP contribution in [0.3, 0.4) is 0 Å². The molecule has 0 radical (unpaired) electrons. The van der Waals surface area contributed by atoms with Crippen molar-refractivity contribution in [1.29, 1.82) is 0 Å². The van der Waals surface area contributed by atoms with Crippen molar-refractivity contribution in [1.82, 2.24) is 14.9 Å². The minimum atomic E-state index is -0.406. The highest BCUT2D eigenvalue weighted by molar-refractivity contribution is 5.93. The SMILES string of the molecule is Cc1ncc(C(=O)N2CCC(Cc3ccc(C)c(F)c3)C2)c(=O)[nH]1. The number of H-pyrrole nitrogens is 1.